The van der Waals surface area contributed by atoms with Crippen LogP contribution in [-0.4, -0.2) is 74.1 Å². The van der Waals surface area contributed by atoms with E-state index in [-0.39, 0.29) is 6.03 Å². The average molecular weight is 381 g/mol. The molecule has 0 N–H and O–H groups in total. The van der Waals surface area contributed by atoms with E-state index in [0.717, 1.165) is 49.5 Å². The van der Waals surface area contributed by atoms with Crippen LogP contribution in [0.2, 0.25) is 0 Å². The van der Waals surface area contributed by atoms with Crippen LogP contribution in [0.25, 0.3) is 0 Å². The Morgan fingerprint density at radius 3 is 2.42 bits per heavy atom. The molecule has 0 saturated carbocycles. The number of rotatable bonds is 7. The molecule has 7 nitrogen and oxygen atoms in total. The van der Waals surface area contributed by atoms with Gasteiger partial charge < -0.3 is 9.80 Å². The quantitative estimate of drug-likeness (QED) is 0.720. The molecule has 3 rings (SSSR count). The molecule has 0 bridgehead atoms. The Morgan fingerprint density at radius 1 is 1.08 bits per heavy atom. The molecule has 0 aliphatic carbocycles. The van der Waals surface area contributed by atoms with Gasteiger partial charge in [-0.15, -0.1) is 0 Å². The van der Waals surface area contributed by atoms with Crippen molar-refractivity contribution >= 4 is 21.7 Å². The second-order valence-electron chi connectivity index (χ2n) is 6.93. The fourth-order valence-electron chi connectivity index (χ4n) is 3.58. The molecular formula is C18H28N4O3S. The molecule has 2 aliphatic rings. The van der Waals surface area contributed by atoms with Gasteiger partial charge in [0.2, 0.25) is 10.0 Å². The first-order valence-corrected chi connectivity index (χ1v) is 11.0. The van der Waals surface area contributed by atoms with Crippen LogP contribution in [0.3, 0.4) is 0 Å². The lowest BCUT2D eigenvalue weighted by Crippen LogP contribution is -2.38. The first-order valence-electron chi connectivity index (χ1n) is 9.19. The van der Waals surface area contributed by atoms with Crippen LogP contribution in [-0.2, 0) is 23.1 Å². The Bertz CT molecular complexity index is 777. The van der Waals surface area contributed by atoms with E-state index in [0.29, 0.717) is 19.6 Å². The van der Waals surface area contributed by atoms with Gasteiger partial charge in [0.15, 0.2) is 0 Å². The normalized spacial score (nSPS) is 18.2. The van der Waals surface area contributed by atoms with E-state index in [1.54, 1.807) is 4.90 Å². The summed E-state index contributed by atoms with van der Waals surface area (Å²) < 4.78 is 25.0. The molecule has 1 fully saturated rings. The largest absolute Gasteiger partial charge is 0.324 e. The van der Waals surface area contributed by atoms with Crippen LogP contribution in [0.1, 0.15) is 25.0 Å². The van der Waals surface area contributed by atoms with Gasteiger partial charge in [0.25, 0.3) is 0 Å². The summed E-state index contributed by atoms with van der Waals surface area (Å²) in [4.78, 5) is 18.8. The maximum absolute atomic E-state index is 12.7. The second-order valence-corrected chi connectivity index (χ2v) is 8.91. The maximum atomic E-state index is 12.7. The number of hydrogen-bond acceptors (Lipinski definition) is 4. The van der Waals surface area contributed by atoms with Gasteiger partial charge in [-0.3, -0.25) is 4.90 Å². The van der Waals surface area contributed by atoms with Gasteiger partial charge >= 0.3 is 6.03 Å². The first kappa shape index (κ1) is 19.1. The Kier molecular flexibility index (Phi) is 5.55. The van der Waals surface area contributed by atoms with E-state index in [2.05, 4.69) is 18.7 Å². The molecule has 2 amide bonds. The fraction of sp³-hybridized carbons (Fsp3) is 0.611. The van der Waals surface area contributed by atoms with E-state index < -0.39 is 10.0 Å². The predicted octanol–water partition coefficient (Wildman–Crippen LogP) is 1.55. The molecule has 26 heavy (non-hydrogen) atoms. The number of carbonyl (C=O) groups excluding carboxylic acids is 1. The summed E-state index contributed by atoms with van der Waals surface area (Å²) in [5.41, 5.74) is 2.86. The molecule has 1 saturated heterocycles. The molecule has 0 radical (unpaired) electrons. The summed E-state index contributed by atoms with van der Waals surface area (Å²) in [6, 6.07) is 5.87. The lowest BCUT2D eigenvalue weighted by atomic mass is 10.1. The highest BCUT2D eigenvalue weighted by Gasteiger charge is 2.31. The van der Waals surface area contributed by atoms with Crippen LogP contribution in [0, 0.1) is 0 Å². The minimum Gasteiger partial charge on any atom is -0.321 e. The van der Waals surface area contributed by atoms with Crippen LogP contribution in [0.15, 0.2) is 18.2 Å². The number of amides is 2. The SMILES string of the molecule is CCN(CC)CCN1CCN(c2ccc3c(c2)CN(S(C)(=O)=O)C3)C1=O. The molecule has 144 valence electrons. The van der Waals surface area contributed by atoms with Gasteiger partial charge in [-0.05, 0) is 36.3 Å². The minimum atomic E-state index is -3.20. The molecule has 1 aromatic rings. The number of hydrogen-bond donors (Lipinski definition) is 0. The van der Waals surface area contributed by atoms with Crippen molar-refractivity contribution in [2.45, 2.75) is 26.9 Å². The molecule has 8 heteroatoms. The number of anilines is 1. The Balaban J connectivity index is 1.67. The number of sulfonamides is 1. The summed E-state index contributed by atoms with van der Waals surface area (Å²) >= 11 is 0. The van der Waals surface area contributed by atoms with E-state index in [1.807, 2.05) is 23.1 Å². The third-order valence-electron chi connectivity index (χ3n) is 5.34. The topological polar surface area (TPSA) is 64.2 Å². The zero-order chi connectivity index (χ0) is 18.9. The van der Waals surface area contributed by atoms with E-state index in [4.69, 9.17) is 0 Å². The molecule has 2 aliphatic heterocycles. The summed E-state index contributed by atoms with van der Waals surface area (Å²) in [6.45, 7) is 10.1. The lowest BCUT2D eigenvalue weighted by Gasteiger charge is -2.23. The van der Waals surface area contributed by atoms with Crippen molar-refractivity contribution in [1.82, 2.24) is 14.1 Å². The standard InChI is InChI=1S/C18H28N4O3S/c1-4-19(5-2)8-9-20-10-11-22(18(20)23)17-7-6-15-13-21(26(3,24)25)14-16(15)12-17/h6-7,12H,4-5,8-11,13-14H2,1-3H3. The average Bonchev–Trinajstić information content (AvgIpc) is 3.19. The van der Waals surface area contributed by atoms with Crippen LogP contribution in [0.5, 0.6) is 0 Å². The molecule has 0 aromatic heterocycles. The third-order valence-corrected chi connectivity index (χ3v) is 6.54. The van der Waals surface area contributed by atoms with Crippen LogP contribution in [0.4, 0.5) is 10.5 Å². The number of nitrogens with zero attached hydrogens (tertiary/aromatic N) is 4. The molecule has 0 atom stereocenters. The van der Waals surface area contributed by atoms with Crippen LogP contribution >= 0.6 is 0 Å². The molecular weight excluding hydrogens is 352 g/mol. The van der Waals surface area contributed by atoms with Crippen molar-refractivity contribution in [3.05, 3.63) is 29.3 Å². The highest BCUT2D eigenvalue weighted by molar-refractivity contribution is 7.88. The van der Waals surface area contributed by atoms with Crippen molar-refractivity contribution in [2.24, 2.45) is 0 Å². The van der Waals surface area contributed by atoms with Gasteiger partial charge in [-0.1, -0.05) is 19.9 Å². The summed E-state index contributed by atoms with van der Waals surface area (Å²) in [7, 11) is -3.20. The maximum Gasteiger partial charge on any atom is 0.324 e. The molecule has 1 aromatic carbocycles. The van der Waals surface area contributed by atoms with Crippen molar-refractivity contribution < 1.29 is 13.2 Å². The highest BCUT2D eigenvalue weighted by Crippen LogP contribution is 2.30. The monoisotopic (exact) mass is 380 g/mol. The first-order chi connectivity index (χ1) is 12.3. The number of likely N-dealkylation sites (N-methyl/N-ethyl adjacent to an activating group) is 1. The molecule has 0 unspecified atom stereocenters. The van der Waals surface area contributed by atoms with E-state index in [9.17, 15) is 13.2 Å². The Morgan fingerprint density at radius 2 is 1.77 bits per heavy atom. The number of urea groups is 1. The van der Waals surface area contributed by atoms with Crippen molar-refractivity contribution in [2.75, 3.05) is 50.4 Å². The van der Waals surface area contributed by atoms with Crippen molar-refractivity contribution in [3.63, 3.8) is 0 Å². The van der Waals surface area contributed by atoms with Gasteiger partial charge in [0.1, 0.15) is 0 Å². The summed E-state index contributed by atoms with van der Waals surface area (Å²) in [6.07, 6.45) is 1.23. The lowest BCUT2D eigenvalue weighted by molar-refractivity contribution is 0.207. The molecule has 2 heterocycles. The second kappa shape index (κ2) is 7.54. The van der Waals surface area contributed by atoms with E-state index in [1.165, 1.54) is 10.6 Å². The van der Waals surface area contributed by atoms with Gasteiger partial charge in [0.05, 0.1) is 6.26 Å². The number of fused-ring (bicyclic) bond motifs is 1. The highest BCUT2D eigenvalue weighted by atomic mass is 32.2. The summed E-state index contributed by atoms with van der Waals surface area (Å²) in [5.74, 6) is 0. The van der Waals surface area contributed by atoms with Crippen molar-refractivity contribution in [3.8, 4) is 0 Å². The minimum absolute atomic E-state index is 0.0371. The van der Waals surface area contributed by atoms with Crippen molar-refractivity contribution in [1.29, 1.82) is 0 Å². The number of benzene rings is 1. The zero-order valence-corrected chi connectivity index (χ0v) is 16.6. The smallest absolute Gasteiger partial charge is 0.321 e. The third kappa shape index (κ3) is 3.87. The zero-order valence-electron chi connectivity index (χ0n) is 15.8. The van der Waals surface area contributed by atoms with Gasteiger partial charge in [0, 0.05) is 45.0 Å². The molecule has 0 spiro atoms. The van der Waals surface area contributed by atoms with E-state index >= 15 is 0 Å². The van der Waals surface area contributed by atoms with Gasteiger partial charge in [-0.25, -0.2) is 13.2 Å². The van der Waals surface area contributed by atoms with Gasteiger partial charge in [-0.2, -0.15) is 4.31 Å². The number of carbonyl (C=O) groups is 1. The fourth-order valence-corrected chi connectivity index (χ4v) is 4.33. The summed E-state index contributed by atoms with van der Waals surface area (Å²) in [5, 5.41) is 0. The Labute approximate surface area is 156 Å². The predicted molar refractivity (Wildman–Crippen MR) is 103 cm³/mol. The van der Waals surface area contributed by atoms with Crippen LogP contribution < -0.4 is 4.90 Å². The Hall–Kier alpha value is -1.64.